The van der Waals surface area contributed by atoms with Crippen molar-refractivity contribution in [2.75, 3.05) is 44.5 Å². The molecule has 0 unspecified atom stereocenters. The van der Waals surface area contributed by atoms with E-state index in [0.717, 1.165) is 4.31 Å². The Morgan fingerprint density at radius 2 is 1.83 bits per heavy atom. The van der Waals surface area contributed by atoms with E-state index in [-0.39, 0.29) is 30.2 Å². The fraction of sp³-hybridized carbons (Fsp3) is 0.500. The minimum Gasteiger partial charge on any atom is -0.493 e. The van der Waals surface area contributed by atoms with E-state index < -0.39 is 15.9 Å². The Balaban J connectivity index is 3.48. The second-order valence-corrected chi connectivity index (χ2v) is 6.86. The predicted molar refractivity (Wildman–Crippen MR) is 86.8 cm³/mol. The molecule has 0 radical (unpaired) electrons. The first-order valence-corrected chi connectivity index (χ1v) is 8.55. The van der Waals surface area contributed by atoms with Gasteiger partial charge >= 0.3 is 0 Å². The number of amides is 1. The molecule has 130 valence electrons. The number of anilines is 1. The quantitative estimate of drug-likeness (QED) is 0.697. The lowest BCUT2D eigenvalue weighted by Gasteiger charge is -2.23. The summed E-state index contributed by atoms with van der Waals surface area (Å²) in [7, 11) is 0.633. The van der Waals surface area contributed by atoms with Crippen LogP contribution >= 0.6 is 0 Å². The zero-order chi connectivity index (χ0) is 17.6. The van der Waals surface area contributed by atoms with Crippen molar-refractivity contribution in [3.8, 4) is 11.5 Å². The van der Waals surface area contributed by atoms with E-state index in [1.807, 2.05) is 0 Å². The Hall–Kier alpha value is -2.00. The zero-order valence-electron chi connectivity index (χ0n) is 13.6. The third-order valence-corrected chi connectivity index (χ3v) is 5.03. The van der Waals surface area contributed by atoms with Crippen molar-refractivity contribution in [1.82, 2.24) is 5.32 Å². The van der Waals surface area contributed by atoms with Crippen LogP contribution in [0.4, 0.5) is 5.69 Å². The van der Waals surface area contributed by atoms with E-state index in [2.05, 4.69) is 5.32 Å². The second kappa shape index (κ2) is 8.02. The Morgan fingerprint density at radius 1 is 1.26 bits per heavy atom. The largest absolute Gasteiger partial charge is 0.493 e. The van der Waals surface area contributed by atoms with E-state index in [9.17, 15) is 13.2 Å². The van der Waals surface area contributed by atoms with Gasteiger partial charge in [0, 0.05) is 19.7 Å². The maximum atomic E-state index is 12.3. The number of hydrogen-bond donors (Lipinski definition) is 2. The van der Waals surface area contributed by atoms with Crippen LogP contribution in [-0.4, -0.2) is 59.6 Å². The molecule has 8 nitrogen and oxygen atoms in total. The van der Waals surface area contributed by atoms with Crippen LogP contribution in [0.15, 0.2) is 12.1 Å². The van der Waals surface area contributed by atoms with Crippen LogP contribution in [0.5, 0.6) is 11.5 Å². The fourth-order valence-electron chi connectivity index (χ4n) is 1.92. The topological polar surface area (TPSA) is 105 Å². The summed E-state index contributed by atoms with van der Waals surface area (Å²) in [6, 6.07) is 2.84. The van der Waals surface area contributed by atoms with Gasteiger partial charge in [-0.3, -0.25) is 9.10 Å². The highest BCUT2D eigenvalue weighted by atomic mass is 32.2. The molecule has 1 amide bonds. The van der Waals surface area contributed by atoms with Crippen molar-refractivity contribution in [1.29, 1.82) is 0 Å². The molecule has 1 aromatic carbocycles. The normalized spacial score (nSPS) is 11.0. The van der Waals surface area contributed by atoms with Crippen molar-refractivity contribution in [2.45, 2.75) is 6.92 Å². The molecule has 0 heterocycles. The lowest BCUT2D eigenvalue weighted by atomic mass is 10.1. The average Bonchev–Trinajstić information content (AvgIpc) is 2.57. The Labute approximate surface area is 136 Å². The zero-order valence-corrected chi connectivity index (χ0v) is 14.4. The van der Waals surface area contributed by atoms with Crippen LogP contribution in [-0.2, 0) is 10.0 Å². The molecule has 0 spiro atoms. The van der Waals surface area contributed by atoms with Crippen LogP contribution in [0.1, 0.15) is 17.3 Å². The van der Waals surface area contributed by atoms with Gasteiger partial charge in [-0.15, -0.1) is 0 Å². The Morgan fingerprint density at radius 3 is 2.30 bits per heavy atom. The summed E-state index contributed by atoms with van der Waals surface area (Å²) in [5.41, 5.74) is 0.274. The van der Waals surface area contributed by atoms with E-state index in [0.29, 0.717) is 11.5 Å². The van der Waals surface area contributed by atoms with E-state index in [4.69, 9.17) is 14.6 Å². The number of carbonyl (C=O) groups is 1. The molecule has 23 heavy (non-hydrogen) atoms. The first kappa shape index (κ1) is 19.0. The minimum absolute atomic E-state index is 0.0524. The second-order valence-electron chi connectivity index (χ2n) is 4.57. The molecule has 0 aliphatic heterocycles. The summed E-state index contributed by atoms with van der Waals surface area (Å²) < 4.78 is 35.6. The van der Waals surface area contributed by atoms with Gasteiger partial charge in [-0.2, -0.15) is 0 Å². The maximum Gasteiger partial charge on any atom is 0.253 e. The molecule has 0 fully saturated rings. The SMILES string of the molecule is CCS(=O)(=O)N(C)c1cc(OC)c(OC)cc1C(=O)NCCO. The van der Waals surface area contributed by atoms with Crippen molar-refractivity contribution >= 4 is 21.6 Å². The van der Waals surface area contributed by atoms with Gasteiger partial charge in [0.25, 0.3) is 5.91 Å². The van der Waals surface area contributed by atoms with Crippen LogP contribution in [0.2, 0.25) is 0 Å². The fourth-order valence-corrected chi connectivity index (χ4v) is 2.76. The van der Waals surface area contributed by atoms with Gasteiger partial charge in [0.1, 0.15) is 0 Å². The number of aliphatic hydroxyl groups excluding tert-OH is 1. The highest BCUT2D eigenvalue weighted by Crippen LogP contribution is 2.35. The van der Waals surface area contributed by atoms with Gasteiger partial charge in [0.05, 0.1) is 37.8 Å². The summed E-state index contributed by atoms with van der Waals surface area (Å²) in [5.74, 6) is -0.0320. The molecule has 9 heteroatoms. The highest BCUT2D eigenvalue weighted by molar-refractivity contribution is 7.92. The van der Waals surface area contributed by atoms with Gasteiger partial charge in [-0.05, 0) is 13.0 Å². The molecule has 0 bridgehead atoms. The predicted octanol–water partition coefficient (Wildman–Crippen LogP) is 0.212. The number of nitrogens with zero attached hydrogens (tertiary/aromatic N) is 1. The minimum atomic E-state index is -3.56. The highest BCUT2D eigenvalue weighted by Gasteiger charge is 2.24. The molecular formula is C14H22N2O6S. The van der Waals surface area contributed by atoms with E-state index in [1.54, 1.807) is 0 Å². The summed E-state index contributed by atoms with van der Waals surface area (Å²) >= 11 is 0. The summed E-state index contributed by atoms with van der Waals surface area (Å²) in [5, 5.41) is 11.3. The standard InChI is InChI=1S/C14H22N2O6S/c1-5-23(19,20)16(2)11-9-13(22-4)12(21-3)8-10(11)14(18)15-6-7-17/h8-9,17H,5-7H2,1-4H3,(H,15,18). The number of sulfonamides is 1. The van der Waals surface area contributed by atoms with Crippen LogP contribution in [0.25, 0.3) is 0 Å². The van der Waals surface area contributed by atoms with Gasteiger partial charge in [0.15, 0.2) is 11.5 Å². The van der Waals surface area contributed by atoms with Gasteiger partial charge < -0.3 is 19.9 Å². The van der Waals surface area contributed by atoms with E-state index in [1.165, 1.54) is 40.3 Å². The summed E-state index contributed by atoms with van der Waals surface area (Å²) in [6.07, 6.45) is 0. The number of aliphatic hydroxyl groups is 1. The molecule has 0 saturated heterocycles. The number of hydrogen-bond acceptors (Lipinski definition) is 6. The van der Waals surface area contributed by atoms with Gasteiger partial charge in [-0.1, -0.05) is 0 Å². The summed E-state index contributed by atoms with van der Waals surface area (Å²) in [4.78, 5) is 12.3. The monoisotopic (exact) mass is 346 g/mol. The molecule has 1 rings (SSSR count). The molecular weight excluding hydrogens is 324 g/mol. The number of carbonyl (C=O) groups excluding carboxylic acids is 1. The van der Waals surface area contributed by atoms with Gasteiger partial charge in [0.2, 0.25) is 10.0 Å². The van der Waals surface area contributed by atoms with E-state index >= 15 is 0 Å². The smallest absolute Gasteiger partial charge is 0.253 e. The van der Waals surface area contributed by atoms with Crippen molar-refractivity contribution in [3.05, 3.63) is 17.7 Å². The first-order valence-electron chi connectivity index (χ1n) is 6.94. The third kappa shape index (κ3) is 4.26. The lowest BCUT2D eigenvalue weighted by Crippen LogP contribution is -2.32. The number of benzene rings is 1. The number of rotatable bonds is 8. The molecule has 0 aliphatic carbocycles. The molecule has 0 aromatic heterocycles. The van der Waals surface area contributed by atoms with Gasteiger partial charge in [-0.25, -0.2) is 8.42 Å². The lowest BCUT2D eigenvalue weighted by molar-refractivity contribution is 0.0945. The number of ether oxygens (including phenoxy) is 2. The molecule has 0 atom stereocenters. The maximum absolute atomic E-state index is 12.3. The van der Waals surface area contributed by atoms with Crippen molar-refractivity contribution < 1.29 is 27.8 Å². The molecule has 2 N–H and O–H groups in total. The first-order chi connectivity index (χ1) is 10.8. The molecule has 0 saturated carbocycles. The van der Waals surface area contributed by atoms with Crippen LogP contribution in [0, 0.1) is 0 Å². The number of nitrogens with one attached hydrogen (secondary N) is 1. The third-order valence-electron chi connectivity index (χ3n) is 3.27. The molecule has 1 aromatic rings. The number of methoxy groups -OCH3 is 2. The van der Waals surface area contributed by atoms with Crippen LogP contribution in [0.3, 0.4) is 0 Å². The van der Waals surface area contributed by atoms with Crippen molar-refractivity contribution in [2.24, 2.45) is 0 Å². The Bertz CT molecular complexity index is 659. The Kier molecular flexibility index (Phi) is 6.64. The average molecular weight is 346 g/mol. The van der Waals surface area contributed by atoms with Crippen molar-refractivity contribution in [3.63, 3.8) is 0 Å². The summed E-state index contributed by atoms with van der Waals surface area (Å²) in [6.45, 7) is 1.34. The van der Waals surface area contributed by atoms with Crippen LogP contribution < -0.4 is 19.1 Å². The molecule has 0 aliphatic rings.